The highest BCUT2D eigenvalue weighted by Gasteiger charge is 2.34. The highest BCUT2D eigenvalue weighted by atomic mass is 16.2. The molecule has 1 aliphatic carbocycles. The van der Waals surface area contributed by atoms with Gasteiger partial charge in [0, 0.05) is 6.04 Å². The van der Waals surface area contributed by atoms with Crippen molar-refractivity contribution in [3.63, 3.8) is 0 Å². The molecule has 0 heterocycles. The van der Waals surface area contributed by atoms with Crippen molar-refractivity contribution in [1.82, 2.24) is 5.32 Å². The Morgan fingerprint density at radius 1 is 1.41 bits per heavy atom. The topological polar surface area (TPSA) is 55.1 Å². The van der Waals surface area contributed by atoms with Crippen molar-refractivity contribution in [2.24, 2.45) is 11.1 Å². The van der Waals surface area contributed by atoms with Crippen molar-refractivity contribution in [3.8, 4) is 0 Å². The van der Waals surface area contributed by atoms with Crippen LogP contribution in [0.4, 0.5) is 0 Å². The zero-order valence-corrected chi connectivity index (χ0v) is 11.8. The maximum Gasteiger partial charge on any atom is 0.240 e. The Morgan fingerprint density at radius 2 is 2.00 bits per heavy atom. The summed E-state index contributed by atoms with van der Waals surface area (Å²) in [5, 5.41) is 3.15. The van der Waals surface area contributed by atoms with Crippen molar-refractivity contribution < 1.29 is 4.79 Å². The summed E-state index contributed by atoms with van der Waals surface area (Å²) in [7, 11) is 0. The molecule has 1 aliphatic rings. The summed E-state index contributed by atoms with van der Waals surface area (Å²) in [4.78, 5) is 12.2. The molecular weight excluding hydrogens is 212 g/mol. The summed E-state index contributed by atoms with van der Waals surface area (Å²) in [6.07, 6.45) is 6.03. The lowest BCUT2D eigenvalue weighted by molar-refractivity contribution is -0.127. The minimum atomic E-state index is -0.679. The lowest BCUT2D eigenvalue weighted by Gasteiger charge is -2.37. The number of carbonyl (C=O) groups excluding carboxylic acids is 1. The Balaban J connectivity index is 2.57. The van der Waals surface area contributed by atoms with Crippen LogP contribution >= 0.6 is 0 Å². The molecule has 1 saturated carbocycles. The maximum absolute atomic E-state index is 12.2. The normalized spacial score (nSPS) is 24.4. The monoisotopic (exact) mass is 240 g/mol. The average molecular weight is 240 g/mol. The predicted molar refractivity (Wildman–Crippen MR) is 71.7 cm³/mol. The van der Waals surface area contributed by atoms with Gasteiger partial charge in [-0.1, -0.05) is 34.1 Å². The van der Waals surface area contributed by atoms with Crippen LogP contribution in [-0.4, -0.2) is 17.5 Å². The first-order valence-corrected chi connectivity index (χ1v) is 6.93. The standard InChI is InChI=1S/C14H28N2O/c1-5-14(15,6-2)12(17)16-11-8-7-9-13(3,4)10-11/h11H,5-10,15H2,1-4H3,(H,16,17). The zero-order chi connectivity index (χ0) is 13.1. The van der Waals surface area contributed by atoms with Crippen molar-refractivity contribution >= 4 is 5.91 Å². The van der Waals surface area contributed by atoms with Gasteiger partial charge in [0.2, 0.25) is 5.91 Å². The molecule has 17 heavy (non-hydrogen) atoms. The third-order valence-corrected chi connectivity index (χ3v) is 4.25. The fourth-order valence-electron chi connectivity index (χ4n) is 2.72. The number of nitrogens with two attached hydrogens (primary N) is 1. The van der Waals surface area contributed by atoms with Crippen molar-refractivity contribution in [3.05, 3.63) is 0 Å². The average Bonchev–Trinajstić information content (AvgIpc) is 2.26. The first-order chi connectivity index (χ1) is 7.83. The number of hydrogen-bond acceptors (Lipinski definition) is 2. The zero-order valence-electron chi connectivity index (χ0n) is 11.8. The Hall–Kier alpha value is -0.570. The van der Waals surface area contributed by atoms with Crippen LogP contribution in [0.1, 0.15) is 66.2 Å². The van der Waals surface area contributed by atoms with E-state index >= 15 is 0 Å². The smallest absolute Gasteiger partial charge is 0.240 e. The molecule has 0 aromatic rings. The van der Waals surface area contributed by atoms with Gasteiger partial charge >= 0.3 is 0 Å². The van der Waals surface area contributed by atoms with E-state index in [0.29, 0.717) is 24.3 Å². The van der Waals surface area contributed by atoms with Gasteiger partial charge in [-0.3, -0.25) is 4.79 Å². The lowest BCUT2D eigenvalue weighted by Crippen LogP contribution is -2.56. The molecule has 100 valence electrons. The van der Waals surface area contributed by atoms with Gasteiger partial charge in [-0.05, 0) is 37.5 Å². The molecule has 0 aromatic carbocycles. The van der Waals surface area contributed by atoms with E-state index in [0.717, 1.165) is 12.8 Å². The van der Waals surface area contributed by atoms with Gasteiger partial charge in [-0.15, -0.1) is 0 Å². The fraction of sp³-hybridized carbons (Fsp3) is 0.929. The lowest BCUT2D eigenvalue weighted by atomic mass is 9.75. The second-order valence-corrected chi connectivity index (χ2v) is 6.29. The van der Waals surface area contributed by atoms with Gasteiger partial charge in [0.15, 0.2) is 0 Å². The van der Waals surface area contributed by atoms with Crippen LogP contribution in [0.2, 0.25) is 0 Å². The summed E-state index contributed by atoms with van der Waals surface area (Å²) in [6, 6.07) is 0.312. The number of hydrogen-bond donors (Lipinski definition) is 2. The highest BCUT2D eigenvalue weighted by Crippen LogP contribution is 2.35. The number of carbonyl (C=O) groups is 1. The first-order valence-electron chi connectivity index (χ1n) is 6.93. The molecule has 1 fully saturated rings. The summed E-state index contributed by atoms with van der Waals surface area (Å²) < 4.78 is 0. The van der Waals surface area contributed by atoms with E-state index in [2.05, 4.69) is 19.2 Å². The van der Waals surface area contributed by atoms with Crippen molar-refractivity contribution in [1.29, 1.82) is 0 Å². The Labute approximate surface area is 106 Å². The van der Waals surface area contributed by atoms with Gasteiger partial charge in [-0.25, -0.2) is 0 Å². The van der Waals surface area contributed by atoms with E-state index in [9.17, 15) is 4.79 Å². The molecule has 3 N–H and O–H groups in total. The first kappa shape index (κ1) is 14.5. The van der Waals surface area contributed by atoms with Crippen LogP contribution in [0.25, 0.3) is 0 Å². The molecule has 0 saturated heterocycles. The van der Waals surface area contributed by atoms with E-state index in [-0.39, 0.29) is 5.91 Å². The van der Waals surface area contributed by atoms with E-state index in [4.69, 9.17) is 5.73 Å². The van der Waals surface area contributed by atoms with Gasteiger partial charge in [0.25, 0.3) is 0 Å². The highest BCUT2D eigenvalue weighted by molar-refractivity contribution is 5.86. The van der Waals surface area contributed by atoms with Crippen LogP contribution in [0.15, 0.2) is 0 Å². The third kappa shape index (κ3) is 3.70. The minimum absolute atomic E-state index is 0.0326. The molecule has 0 aromatic heterocycles. The van der Waals surface area contributed by atoms with Gasteiger partial charge in [0.05, 0.1) is 5.54 Å². The second-order valence-electron chi connectivity index (χ2n) is 6.29. The van der Waals surface area contributed by atoms with E-state index < -0.39 is 5.54 Å². The predicted octanol–water partition coefficient (Wildman–Crippen LogP) is 2.59. The molecule has 1 amide bonds. The number of rotatable bonds is 4. The quantitative estimate of drug-likeness (QED) is 0.793. The van der Waals surface area contributed by atoms with Crippen LogP contribution in [0, 0.1) is 5.41 Å². The van der Waals surface area contributed by atoms with Gasteiger partial charge in [-0.2, -0.15) is 0 Å². The molecule has 3 heteroatoms. The molecule has 0 aliphatic heterocycles. The van der Waals surface area contributed by atoms with Crippen LogP contribution in [-0.2, 0) is 4.79 Å². The Bertz CT molecular complexity index is 269. The van der Waals surface area contributed by atoms with E-state index in [1.807, 2.05) is 13.8 Å². The van der Waals surface area contributed by atoms with Gasteiger partial charge in [0.1, 0.15) is 0 Å². The van der Waals surface area contributed by atoms with Crippen LogP contribution in [0.3, 0.4) is 0 Å². The SMILES string of the molecule is CCC(N)(CC)C(=O)NC1CCCC(C)(C)C1. The molecule has 0 spiro atoms. The van der Waals surface area contributed by atoms with E-state index in [1.54, 1.807) is 0 Å². The molecule has 3 nitrogen and oxygen atoms in total. The van der Waals surface area contributed by atoms with Gasteiger partial charge < -0.3 is 11.1 Å². The molecule has 1 rings (SSSR count). The minimum Gasteiger partial charge on any atom is -0.352 e. The third-order valence-electron chi connectivity index (χ3n) is 4.25. The maximum atomic E-state index is 12.2. The Morgan fingerprint density at radius 3 is 2.47 bits per heavy atom. The molecule has 1 unspecified atom stereocenters. The Kier molecular flexibility index (Phi) is 4.59. The van der Waals surface area contributed by atoms with Crippen molar-refractivity contribution in [2.75, 3.05) is 0 Å². The number of nitrogens with one attached hydrogen (secondary N) is 1. The second kappa shape index (κ2) is 5.38. The summed E-state index contributed by atoms with van der Waals surface area (Å²) >= 11 is 0. The summed E-state index contributed by atoms with van der Waals surface area (Å²) in [5.74, 6) is 0.0326. The van der Waals surface area contributed by atoms with Crippen molar-refractivity contribution in [2.45, 2.75) is 77.8 Å². The molecular formula is C14H28N2O. The summed E-state index contributed by atoms with van der Waals surface area (Å²) in [6.45, 7) is 8.52. The largest absolute Gasteiger partial charge is 0.352 e. The fourth-order valence-corrected chi connectivity index (χ4v) is 2.72. The van der Waals surface area contributed by atoms with E-state index in [1.165, 1.54) is 12.8 Å². The van der Waals surface area contributed by atoms with Crippen LogP contribution < -0.4 is 11.1 Å². The number of amides is 1. The molecule has 1 atom stereocenters. The molecule has 0 bridgehead atoms. The summed E-state index contributed by atoms with van der Waals surface area (Å²) in [5.41, 5.74) is 5.79. The van der Waals surface area contributed by atoms with Crippen LogP contribution in [0.5, 0.6) is 0 Å². The molecule has 0 radical (unpaired) electrons.